The molecule has 0 heterocycles. The summed E-state index contributed by atoms with van der Waals surface area (Å²) in [6, 6.07) is 33.8. The van der Waals surface area contributed by atoms with Gasteiger partial charge < -0.3 is 15.8 Å². The van der Waals surface area contributed by atoms with Crippen molar-refractivity contribution in [3.05, 3.63) is 131 Å². The van der Waals surface area contributed by atoms with Gasteiger partial charge in [0.1, 0.15) is 5.84 Å². The lowest BCUT2D eigenvalue weighted by atomic mass is 9.87. The Morgan fingerprint density at radius 1 is 0.763 bits per heavy atom. The fraction of sp³-hybridized carbons (Fsp3) is 0.156. The fourth-order valence-corrected chi connectivity index (χ4v) is 4.52. The Balaban J connectivity index is 1.61. The average Bonchev–Trinajstić information content (AvgIpc) is 2.96. The Labute approximate surface area is 223 Å². The van der Waals surface area contributed by atoms with Gasteiger partial charge in [0, 0.05) is 17.2 Å². The zero-order chi connectivity index (χ0) is 26.9. The van der Waals surface area contributed by atoms with E-state index in [-0.39, 0.29) is 11.7 Å². The second-order valence-electron chi connectivity index (χ2n) is 9.16. The molecule has 1 amide bonds. The third-order valence-electron chi connectivity index (χ3n) is 6.55. The number of nitrogen functional groups attached to an aromatic ring is 1. The fourth-order valence-electron chi connectivity index (χ4n) is 4.52. The molecule has 0 fully saturated rings. The lowest BCUT2D eigenvalue weighted by Gasteiger charge is -2.27. The van der Waals surface area contributed by atoms with Crippen LogP contribution in [0.5, 0.6) is 0 Å². The molecule has 0 aliphatic rings. The van der Waals surface area contributed by atoms with Crippen molar-refractivity contribution in [2.75, 3.05) is 7.11 Å². The quantitative estimate of drug-likeness (QED) is 0.160. The minimum atomic E-state index is -0.657. The molecule has 0 radical (unpaired) electrons. The predicted molar refractivity (Wildman–Crippen MR) is 150 cm³/mol. The average molecular weight is 506 g/mol. The molecule has 4 aromatic carbocycles. The predicted octanol–water partition coefficient (Wildman–Crippen LogP) is 5.01. The topological polar surface area (TPSA) is 105 Å². The number of ether oxygens (including phenoxy) is 1. The number of benzene rings is 4. The van der Waals surface area contributed by atoms with Crippen LogP contribution in [0.2, 0.25) is 0 Å². The van der Waals surface area contributed by atoms with Gasteiger partial charge in [-0.15, -0.1) is 0 Å². The minimum absolute atomic E-state index is 0.0467. The van der Waals surface area contributed by atoms with Gasteiger partial charge in [-0.2, -0.15) is 0 Å². The summed E-state index contributed by atoms with van der Waals surface area (Å²) in [5, 5.41) is 10.9. The van der Waals surface area contributed by atoms with Crippen LogP contribution in [0.4, 0.5) is 0 Å². The molecule has 0 bridgehead atoms. The maximum absolute atomic E-state index is 13.4. The number of amidine groups is 1. The molecule has 0 saturated carbocycles. The van der Waals surface area contributed by atoms with E-state index in [0.29, 0.717) is 24.0 Å². The van der Waals surface area contributed by atoms with Crippen LogP contribution < -0.4 is 11.1 Å². The molecule has 0 aliphatic heterocycles. The van der Waals surface area contributed by atoms with Crippen LogP contribution in [0.1, 0.15) is 27.0 Å². The van der Waals surface area contributed by atoms with Crippen molar-refractivity contribution in [2.45, 2.75) is 18.9 Å². The number of nitrogens with two attached hydrogens (primary N) is 1. The zero-order valence-corrected chi connectivity index (χ0v) is 21.3. The van der Waals surface area contributed by atoms with Gasteiger partial charge in [-0.05, 0) is 53.3 Å². The summed E-state index contributed by atoms with van der Waals surface area (Å²) in [4.78, 5) is 26.4. The Hall–Kier alpha value is -4.71. The van der Waals surface area contributed by atoms with Gasteiger partial charge in [0.05, 0.1) is 13.0 Å². The number of hydrogen-bond acceptors (Lipinski definition) is 4. The Morgan fingerprint density at radius 3 is 2.00 bits per heavy atom. The van der Waals surface area contributed by atoms with E-state index in [1.807, 2.05) is 78.9 Å². The van der Waals surface area contributed by atoms with Crippen molar-refractivity contribution in [2.24, 2.45) is 11.7 Å². The normalized spacial score (nSPS) is 12.2. The van der Waals surface area contributed by atoms with Crippen molar-refractivity contribution in [1.82, 2.24) is 5.32 Å². The second kappa shape index (κ2) is 12.5. The van der Waals surface area contributed by atoms with E-state index in [4.69, 9.17) is 15.9 Å². The van der Waals surface area contributed by atoms with Crippen molar-refractivity contribution >= 4 is 17.7 Å². The van der Waals surface area contributed by atoms with Gasteiger partial charge in [-0.1, -0.05) is 91.0 Å². The zero-order valence-electron chi connectivity index (χ0n) is 21.3. The monoisotopic (exact) mass is 505 g/mol. The van der Waals surface area contributed by atoms with Gasteiger partial charge in [-0.25, -0.2) is 0 Å². The van der Waals surface area contributed by atoms with Gasteiger partial charge >= 0.3 is 5.97 Å². The molecule has 2 atom stereocenters. The number of hydrogen-bond donors (Lipinski definition) is 3. The molecule has 4 N–H and O–H groups in total. The highest BCUT2D eigenvalue weighted by Gasteiger charge is 2.31. The van der Waals surface area contributed by atoms with E-state index in [0.717, 1.165) is 22.3 Å². The lowest BCUT2D eigenvalue weighted by Crippen LogP contribution is -2.46. The summed E-state index contributed by atoms with van der Waals surface area (Å²) >= 11 is 0. The molecular weight excluding hydrogens is 474 g/mol. The number of esters is 1. The van der Waals surface area contributed by atoms with Crippen molar-refractivity contribution in [1.29, 1.82) is 5.41 Å². The summed E-state index contributed by atoms with van der Waals surface area (Å²) < 4.78 is 5.18. The van der Waals surface area contributed by atoms with Gasteiger partial charge in [-0.3, -0.25) is 15.0 Å². The van der Waals surface area contributed by atoms with E-state index in [9.17, 15) is 9.59 Å². The molecular formula is C32H31N3O3. The maximum Gasteiger partial charge on any atom is 0.311 e. The van der Waals surface area contributed by atoms with Crippen molar-refractivity contribution in [3.8, 4) is 11.1 Å². The van der Waals surface area contributed by atoms with Gasteiger partial charge in [0.15, 0.2) is 0 Å². The molecule has 6 heteroatoms. The highest BCUT2D eigenvalue weighted by Crippen LogP contribution is 2.22. The highest BCUT2D eigenvalue weighted by atomic mass is 16.5. The van der Waals surface area contributed by atoms with Gasteiger partial charge in [0.25, 0.3) is 5.91 Å². The molecule has 4 rings (SSSR count). The number of amides is 1. The summed E-state index contributed by atoms with van der Waals surface area (Å²) in [5.74, 6) is -1.39. The van der Waals surface area contributed by atoms with Crippen LogP contribution in [-0.2, 0) is 22.4 Å². The third-order valence-corrected chi connectivity index (χ3v) is 6.55. The summed E-state index contributed by atoms with van der Waals surface area (Å²) in [7, 11) is 1.35. The molecule has 4 aromatic rings. The van der Waals surface area contributed by atoms with E-state index in [2.05, 4.69) is 5.32 Å². The first-order valence-electron chi connectivity index (χ1n) is 12.5. The SMILES string of the molecule is COC(=O)[C@H](Cc1cccc(C(=N)N)c1)[C@@H](Cc1ccccc1)NC(=O)c1ccc(-c2ccccc2)cc1. The lowest BCUT2D eigenvalue weighted by molar-refractivity contribution is -0.146. The number of rotatable bonds is 10. The van der Waals surface area contributed by atoms with Gasteiger partial charge in [0.2, 0.25) is 0 Å². The molecule has 0 unspecified atom stereocenters. The molecule has 38 heavy (non-hydrogen) atoms. The molecule has 0 spiro atoms. The molecule has 0 saturated heterocycles. The Morgan fingerprint density at radius 2 is 1.37 bits per heavy atom. The molecule has 192 valence electrons. The Bertz CT molecular complexity index is 1390. The minimum Gasteiger partial charge on any atom is -0.469 e. The summed E-state index contributed by atoms with van der Waals surface area (Å²) in [6.45, 7) is 0. The van der Waals surface area contributed by atoms with E-state index >= 15 is 0 Å². The van der Waals surface area contributed by atoms with Crippen molar-refractivity contribution < 1.29 is 14.3 Å². The number of carbonyl (C=O) groups excluding carboxylic acids is 2. The van der Waals surface area contributed by atoms with E-state index in [1.165, 1.54) is 7.11 Å². The largest absolute Gasteiger partial charge is 0.469 e. The maximum atomic E-state index is 13.4. The number of carbonyl (C=O) groups is 2. The first-order valence-corrected chi connectivity index (χ1v) is 12.5. The molecule has 6 nitrogen and oxygen atoms in total. The highest BCUT2D eigenvalue weighted by molar-refractivity contribution is 5.96. The van der Waals surface area contributed by atoms with Crippen LogP contribution in [0, 0.1) is 11.3 Å². The molecule has 0 aromatic heterocycles. The van der Waals surface area contributed by atoms with Crippen LogP contribution in [-0.4, -0.2) is 30.9 Å². The van der Waals surface area contributed by atoms with Crippen LogP contribution in [0.25, 0.3) is 11.1 Å². The molecule has 0 aliphatic carbocycles. The summed E-state index contributed by atoms with van der Waals surface area (Å²) in [6.07, 6.45) is 0.763. The van der Waals surface area contributed by atoms with E-state index < -0.39 is 17.9 Å². The van der Waals surface area contributed by atoms with Crippen molar-refractivity contribution in [3.63, 3.8) is 0 Å². The Kier molecular flexibility index (Phi) is 8.67. The first-order chi connectivity index (χ1) is 18.4. The third kappa shape index (κ3) is 6.73. The van der Waals surface area contributed by atoms with Crippen LogP contribution >= 0.6 is 0 Å². The number of methoxy groups -OCH3 is 1. The smallest absolute Gasteiger partial charge is 0.311 e. The van der Waals surface area contributed by atoms with Crippen LogP contribution in [0.15, 0.2) is 109 Å². The second-order valence-corrected chi connectivity index (χ2v) is 9.16. The first kappa shape index (κ1) is 26.4. The standard InChI is InChI=1S/C32H31N3O3/c1-38-32(37)28(20-23-11-8-14-27(19-23)30(33)34)29(21-22-9-4-2-5-10-22)35-31(36)26-17-15-25(16-18-26)24-12-6-3-7-13-24/h2-19,28-29H,20-21H2,1H3,(H3,33,34)(H,35,36)/t28-,29-/m1/s1. The van der Waals surface area contributed by atoms with Crippen LogP contribution in [0.3, 0.4) is 0 Å². The van der Waals surface area contributed by atoms with E-state index in [1.54, 1.807) is 30.3 Å². The number of nitrogens with one attached hydrogen (secondary N) is 2. The summed E-state index contributed by atoms with van der Waals surface area (Å²) in [5.41, 5.74) is 10.7.